The first-order valence-electron chi connectivity index (χ1n) is 13.5. The summed E-state index contributed by atoms with van der Waals surface area (Å²) in [5.41, 5.74) is 1.93. The van der Waals surface area contributed by atoms with Crippen molar-refractivity contribution in [2.75, 3.05) is 54.5 Å². The normalized spacial score (nSPS) is 19.5. The highest BCUT2D eigenvalue weighted by atomic mass is 32.2. The number of amides is 1. The van der Waals surface area contributed by atoms with Crippen LogP contribution in [0.1, 0.15) is 62.4 Å². The van der Waals surface area contributed by atoms with Crippen molar-refractivity contribution in [3.63, 3.8) is 0 Å². The van der Waals surface area contributed by atoms with E-state index in [0.29, 0.717) is 35.7 Å². The van der Waals surface area contributed by atoms with Gasteiger partial charge in [0.2, 0.25) is 10.0 Å². The molecule has 2 N–H and O–H groups in total. The lowest BCUT2D eigenvalue weighted by atomic mass is 9.93. The topological polar surface area (TPSA) is 104 Å². The number of nitrogens with zero attached hydrogens (tertiary/aromatic N) is 3. The predicted molar refractivity (Wildman–Crippen MR) is 150 cm³/mol. The molecule has 3 fully saturated rings. The van der Waals surface area contributed by atoms with Crippen molar-refractivity contribution in [3.8, 4) is 0 Å². The average Bonchev–Trinajstić information content (AvgIpc) is 3.61. The van der Waals surface area contributed by atoms with Crippen molar-refractivity contribution < 1.29 is 17.9 Å². The Morgan fingerprint density at radius 2 is 1.66 bits per heavy atom. The lowest BCUT2D eigenvalue weighted by Crippen LogP contribution is -2.40. The standard InChI is InChI=1S/C28H39N5O4S/c1-20-17-24(29-25(18-20)33-13-15-37-16-14-33)30-26(34)22-6-5-21(38(35,36)31-27(2,3)4)19-23(22)32-11-9-28(7-8-28)10-12-32/h5-6,17-19,31H,7-16H2,1-4H3,(H,29,30,34). The molecule has 2 aromatic rings. The zero-order valence-corrected chi connectivity index (χ0v) is 23.7. The van der Waals surface area contributed by atoms with Crippen molar-refractivity contribution in [1.82, 2.24) is 9.71 Å². The number of hydrogen-bond acceptors (Lipinski definition) is 7. The van der Waals surface area contributed by atoms with E-state index in [1.165, 1.54) is 18.9 Å². The van der Waals surface area contributed by atoms with Crippen molar-refractivity contribution >= 4 is 33.3 Å². The second kappa shape index (κ2) is 10.1. The fourth-order valence-corrected chi connectivity index (χ4v) is 6.78. The lowest BCUT2D eigenvalue weighted by Gasteiger charge is -2.35. The van der Waals surface area contributed by atoms with Crippen LogP contribution in [0.3, 0.4) is 0 Å². The number of benzene rings is 1. The maximum absolute atomic E-state index is 13.6. The highest BCUT2D eigenvalue weighted by Gasteiger charge is 2.44. The number of nitrogens with one attached hydrogen (secondary N) is 2. The summed E-state index contributed by atoms with van der Waals surface area (Å²) in [6.45, 7) is 11.8. The zero-order valence-electron chi connectivity index (χ0n) is 22.8. The number of ether oxygens (including phenoxy) is 1. The molecule has 1 saturated carbocycles. The SMILES string of the molecule is Cc1cc(NC(=O)c2ccc(S(=O)(=O)NC(C)(C)C)cc2N2CCC3(CC2)CC3)nc(N2CCOCC2)c1. The molecular weight excluding hydrogens is 502 g/mol. The van der Waals surface area contributed by atoms with Gasteiger partial charge in [0.15, 0.2) is 0 Å². The van der Waals surface area contributed by atoms with Crippen LogP contribution in [0.2, 0.25) is 0 Å². The molecule has 206 valence electrons. The Labute approximate surface area is 226 Å². The summed E-state index contributed by atoms with van der Waals surface area (Å²) in [5.74, 6) is 0.985. The van der Waals surface area contributed by atoms with Crippen LogP contribution < -0.4 is 19.8 Å². The van der Waals surface area contributed by atoms with Crippen LogP contribution in [0.4, 0.5) is 17.3 Å². The maximum Gasteiger partial charge on any atom is 0.258 e. The Hall–Kier alpha value is -2.69. The number of morpholine rings is 1. The molecule has 3 aliphatic rings. The third kappa shape index (κ3) is 6.13. The first-order valence-corrected chi connectivity index (χ1v) is 15.0. The minimum absolute atomic E-state index is 0.161. The van der Waals surface area contributed by atoms with Gasteiger partial charge in [0.05, 0.1) is 29.4 Å². The minimum Gasteiger partial charge on any atom is -0.378 e. The van der Waals surface area contributed by atoms with Gasteiger partial charge in [-0.3, -0.25) is 4.79 Å². The third-order valence-electron chi connectivity index (χ3n) is 7.62. The van der Waals surface area contributed by atoms with E-state index in [4.69, 9.17) is 9.72 Å². The van der Waals surface area contributed by atoms with Gasteiger partial charge in [0.25, 0.3) is 5.91 Å². The quantitative estimate of drug-likeness (QED) is 0.571. The van der Waals surface area contributed by atoms with Crippen LogP contribution in [0.5, 0.6) is 0 Å². The van der Waals surface area contributed by atoms with Gasteiger partial charge in [0, 0.05) is 31.7 Å². The van der Waals surface area contributed by atoms with Crippen molar-refractivity contribution in [2.24, 2.45) is 5.41 Å². The Morgan fingerprint density at radius 1 is 0.974 bits per heavy atom. The molecule has 0 bridgehead atoms. The number of pyridine rings is 1. The lowest BCUT2D eigenvalue weighted by molar-refractivity contribution is 0.102. The van der Waals surface area contributed by atoms with Gasteiger partial charge in [-0.25, -0.2) is 18.1 Å². The summed E-state index contributed by atoms with van der Waals surface area (Å²) < 4.78 is 34.5. The van der Waals surface area contributed by atoms with Gasteiger partial charge in [0.1, 0.15) is 11.6 Å². The van der Waals surface area contributed by atoms with E-state index >= 15 is 0 Å². The number of aromatic nitrogens is 1. The number of rotatable bonds is 6. The second-order valence-electron chi connectivity index (χ2n) is 12.0. The van der Waals surface area contributed by atoms with Gasteiger partial charge < -0.3 is 19.9 Å². The third-order valence-corrected chi connectivity index (χ3v) is 9.38. The number of anilines is 3. The number of carbonyl (C=O) groups excluding carboxylic acids is 1. The van der Waals surface area contributed by atoms with Crippen LogP contribution >= 0.6 is 0 Å². The Morgan fingerprint density at radius 3 is 2.29 bits per heavy atom. The molecule has 3 heterocycles. The summed E-state index contributed by atoms with van der Waals surface area (Å²) in [7, 11) is -3.75. The van der Waals surface area contributed by atoms with Crippen LogP contribution in [-0.4, -0.2) is 64.2 Å². The summed E-state index contributed by atoms with van der Waals surface area (Å²) in [6.07, 6.45) is 4.66. The summed E-state index contributed by atoms with van der Waals surface area (Å²) in [4.78, 5) is 22.8. The van der Waals surface area contributed by atoms with Gasteiger partial charge in [-0.15, -0.1) is 0 Å². The van der Waals surface area contributed by atoms with E-state index in [0.717, 1.165) is 50.4 Å². The molecule has 1 amide bonds. The molecule has 10 heteroatoms. The molecule has 1 aliphatic carbocycles. The van der Waals surface area contributed by atoms with Crippen molar-refractivity contribution in [1.29, 1.82) is 0 Å². The molecule has 0 atom stereocenters. The number of hydrogen-bond donors (Lipinski definition) is 2. The maximum atomic E-state index is 13.6. The molecular formula is C28H39N5O4S. The molecule has 2 aliphatic heterocycles. The first kappa shape index (κ1) is 26.9. The highest BCUT2D eigenvalue weighted by molar-refractivity contribution is 7.89. The van der Waals surface area contributed by atoms with Crippen molar-refractivity contribution in [2.45, 2.75) is 63.8 Å². The number of aryl methyl sites for hydroxylation is 1. The molecule has 1 aromatic carbocycles. The van der Waals surface area contributed by atoms with Crippen LogP contribution in [0.15, 0.2) is 35.2 Å². The van der Waals surface area contributed by atoms with Crippen LogP contribution in [0, 0.1) is 12.3 Å². The molecule has 0 unspecified atom stereocenters. The average molecular weight is 542 g/mol. The molecule has 0 radical (unpaired) electrons. The first-order chi connectivity index (χ1) is 17.9. The minimum atomic E-state index is -3.75. The van der Waals surface area contributed by atoms with Crippen LogP contribution in [0.25, 0.3) is 0 Å². The van der Waals surface area contributed by atoms with Gasteiger partial charge in [-0.1, -0.05) is 0 Å². The molecule has 9 nitrogen and oxygen atoms in total. The van der Waals surface area contributed by atoms with E-state index in [-0.39, 0.29) is 10.8 Å². The van der Waals surface area contributed by atoms with Gasteiger partial charge in [-0.05, 0) is 94.7 Å². The smallest absolute Gasteiger partial charge is 0.258 e. The Bertz CT molecular complexity index is 1300. The molecule has 1 aromatic heterocycles. The van der Waals surface area contributed by atoms with E-state index in [9.17, 15) is 13.2 Å². The zero-order chi connectivity index (χ0) is 27.1. The molecule has 38 heavy (non-hydrogen) atoms. The Kier molecular flexibility index (Phi) is 7.17. The molecule has 5 rings (SSSR count). The van der Waals surface area contributed by atoms with E-state index < -0.39 is 15.6 Å². The van der Waals surface area contributed by atoms with E-state index in [2.05, 4.69) is 19.8 Å². The largest absolute Gasteiger partial charge is 0.378 e. The predicted octanol–water partition coefficient (Wildman–Crippen LogP) is 3.94. The fraction of sp³-hybridized carbons (Fsp3) is 0.571. The molecule has 2 saturated heterocycles. The number of piperidine rings is 1. The van der Waals surface area contributed by atoms with E-state index in [1.807, 2.05) is 39.8 Å². The summed E-state index contributed by atoms with van der Waals surface area (Å²) in [5, 5.41) is 2.98. The summed E-state index contributed by atoms with van der Waals surface area (Å²) in [6, 6.07) is 8.65. The number of sulfonamides is 1. The monoisotopic (exact) mass is 541 g/mol. The highest BCUT2D eigenvalue weighted by Crippen LogP contribution is 2.54. The fourth-order valence-electron chi connectivity index (χ4n) is 5.34. The van der Waals surface area contributed by atoms with Crippen LogP contribution in [-0.2, 0) is 14.8 Å². The Balaban J connectivity index is 1.44. The second-order valence-corrected chi connectivity index (χ2v) is 13.6. The number of carbonyl (C=O) groups is 1. The van der Waals surface area contributed by atoms with Gasteiger partial charge in [-0.2, -0.15) is 0 Å². The van der Waals surface area contributed by atoms with E-state index in [1.54, 1.807) is 12.1 Å². The molecule has 1 spiro atoms. The van der Waals surface area contributed by atoms with Crippen molar-refractivity contribution in [3.05, 3.63) is 41.5 Å². The van der Waals surface area contributed by atoms with Gasteiger partial charge >= 0.3 is 0 Å². The summed E-state index contributed by atoms with van der Waals surface area (Å²) >= 11 is 0.